The smallest absolute Gasteiger partial charge is 0.335 e. The third kappa shape index (κ3) is 1.89. The van der Waals surface area contributed by atoms with Crippen molar-refractivity contribution in [2.75, 3.05) is 0 Å². The van der Waals surface area contributed by atoms with Crippen LogP contribution in [0.1, 0.15) is 10.4 Å². The number of rotatable bonds is 2. The Morgan fingerprint density at radius 1 is 1.33 bits per heavy atom. The third-order valence-corrected chi connectivity index (χ3v) is 2.73. The Hall–Kier alpha value is -1.68. The summed E-state index contributed by atoms with van der Waals surface area (Å²) in [6.07, 6.45) is 0. The summed E-state index contributed by atoms with van der Waals surface area (Å²) in [5.41, 5.74) is 1.17. The van der Waals surface area contributed by atoms with Gasteiger partial charge in [0.2, 0.25) is 0 Å². The molecule has 15 heavy (non-hydrogen) atoms. The first-order valence-corrected chi connectivity index (χ1v) is 5.18. The lowest BCUT2D eigenvalue weighted by atomic mass is 10.1. The van der Waals surface area contributed by atoms with E-state index in [-0.39, 0.29) is 5.56 Å². The van der Waals surface area contributed by atoms with Crippen molar-refractivity contribution >= 4 is 17.3 Å². The summed E-state index contributed by atoms with van der Waals surface area (Å²) in [7, 11) is 0. The number of halogens is 1. The number of thiophene rings is 1. The summed E-state index contributed by atoms with van der Waals surface area (Å²) in [6, 6.07) is 5.72. The molecule has 0 aliphatic heterocycles. The average molecular weight is 222 g/mol. The van der Waals surface area contributed by atoms with E-state index in [4.69, 9.17) is 5.11 Å². The van der Waals surface area contributed by atoms with E-state index < -0.39 is 11.8 Å². The summed E-state index contributed by atoms with van der Waals surface area (Å²) < 4.78 is 13.5. The zero-order valence-corrected chi connectivity index (χ0v) is 8.42. The molecule has 0 atom stereocenters. The highest BCUT2D eigenvalue weighted by Gasteiger charge is 2.09. The number of hydrogen-bond donors (Lipinski definition) is 1. The molecule has 0 fully saturated rings. The van der Waals surface area contributed by atoms with Crippen molar-refractivity contribution in [1.82, 2.24) is 0 Å². The molecule has 1 N–H and O–H groups in total. The summed E-state index contributed by atoms with van der Waals surface area (Å²) >= 11 is 1.47. The molecule has 4 heteroatoms. The van der Waals surface area contributed by atoms with Crippen LogP contribution in [0.15, 0.2) is 35.0 Å². The molecule has 1 aromatic heterocycles. The van der Waals surface area contributed by atoms with Gasteiger partial charge >= 0.3 is 5.97 Å². The van der Waals surface area contributed by atoms with Gasteiger partial charge in [0.05, 0.1) is 5.56 Å². The first-order chi connectivity index (χ1) is 7.18. The Kier molecular flexibility index (Phi) is 2.51. The summed E-state index contributed by atoms with van der Waals surface area (Å²) in [5.74, 6) is -1.63. The quantitative estimate of drug-likeness (QED) is 0.846. The van der Waals surface area contributed by atoms with Gasteiger partial charge in [0.15, 0.2) is 0 Å². The van der Waals surface area contributed by atoms with Crippen LogP contribution in [0.25, 0.3) is 11.1 Å². The number of carboxylic acid groups (broad SMARTS) is 1. The molecule has 0 saturated heterocycles. The molecule has 2 aromatic rings. The Morgan fingerprint density at radius 2 is 2.13 bits per heavy atom. The van der Waals surface area contributed by atoms with Gasteiger partial charge in [-0.15, -0.1) is 0 Å². The van der Waals surface area contributed by atoms with Gasteiger partial charge in [-0.25, -0.2) is 9.18 Å². The molecular weight excluding hydrogens is 215 g/mol. The lowest BCUT2D eigenvalue weighted by Gasteiger charge is -2.01. The minimum Gasteiger partial charge on any atom is -0.478 e. The lowest BCUT2D eigenvalue weighted by Crippen LogP contribution is -1.97. The SMILES string of the molecule is O=C(O)c1ccc(-c2ccsc2)c(F)c1. The van der Waals surface area contributed by atoms with Gasteiger partial charge in [-0.3, -0.25) is 0 Å². The van der Waals surface area contributed by atoms with Gasteiger partial charge in [-0.05, 0) is 34.5 Å². The number of benzene rings is 1. The Labute approximate surface area is 89.6 Å². The number of aromatic carboxylic acids is 1. The maximum atomic E-state index is 13.5. The van der Waals surface area contributed by atoms with Crippen LogP contribution in [0.5, 0.6) is 0 Å². The van der Waals surface area contributed by atoms with E-state index in [1.54, 1.807) is 6.07 Å². The van der Waals surface area contributed by atoms with E-state index >= 15 is 0 Å². The van der Waals surface area contributed by atoms with E-state index in [0.717, 1.165) is 11.6 Å². The lowest BCUT2D eigenvalue weighted by molar-refractivity contribution is 0.0696. The van der Waals surface area contributed by atoms with E-state index in [0.29, 0.717) is 5.56 Å². The standard InChI is InChI=1S/C11H7FO2S/c12-10-5-7(11(13)14)1-2-9(10)8-3-4-15-6-8/h1-6H,(H,13,14). The minimum absolute atomic E-state index is 0.0357. The topological polar surface area (TPSA) is 37.3 Å². The van der Waals surface area contributed by atoms with Crippen LogP contribution in [0, 0.1) is 5.82 Å². The van der Waals surface area contributed by atoms with Gasteiger partial charge in [0, 0.05) is 5.56 Å². The van der Waals surface area contributed by atoms with Gasteiger partial charge in [-0.1, -0.05) is 6.07 Å². The van der Waals surface area contributed by atoms with Gasteiger partial charge in [0.1, 0.15) is 5.82 Å². The largest absolute Gasteiger partial charge is 0.478 e. The van der Waals surface area contributed by atoms with Crippen molar-refractivity contribution in [3.8, 4) is 11.1 Å². The van der Waals surface area contributed by atoms with Crippen LogP contribution in [0.4, 0.5) is 4.39 Å². The van der Waals surface area contributed by atoms with Crippen LogP contribution >= 0.6 is 11.3 Å². The fourth-order valence-corrected chi connectivity index (χ4v) is 1.96. The first-order valence-electron chi connectivity index (χ1n) is 4.24. The molecular formula is C11H7FO2S. The van der Waals surface area contributed by atoms with Crippen molar-refractivity contribution in [1.29, 1.82) is 0 Å². The molecule has 1 heterocycles. The molecule has 2 nitrogen and oxygen atoms in total. The van der Waals surface area contributed by atoms with Crippen LogP contribution in [-0.2, 0) is 0 Å². The summed E-state index contributed by atoms with van der Waals surface area (Å²) in [6.45, 7) is 0. The van der Waals surface area contributed by atoms with Crippen LogP contribution in [0.2, 0.25) is 0 Å². The fraction of sp³-hybridized carbons (Fsp3) is 0. The predicted molar refractivity (Wildman–Crippen MR) is 56.7 cm³/mol. The molecule has 0 bridgehead atoms. The van der Waals surface area contributed by atoms with Gasteiger partial charge in [0.25, 0.3) is 0 Å². The maximum absolute atomic E-state index is 13.5. The summed E-state index contributed by atoms with van der Waals surface area (Å²) in [5, 5.41) is 12.3. The van der Waals surface area contributed by atoms with Crippen molar-refractivity contribution in [3.63, 3.8) is 0 Å². The van der Waals surface area contributed by atoms with Gasteiger partial charge in [-0.2, -0.15) is 11.3 Å². The van der Waals surface area contributed by atoms with E-state index in [9.17, 15) is 9.18 Å². The van der Waals surface area contributed by atoms with Crippen LogP contribution < -0.4 is 0 Å². The minimum atomic E-state index is -1.12. The van der Waals surface area contributed by atoms with Crippen LogP contribution in [-0.4, -0.2) is 11.1 Å². The highest BCUT2D eigenvalue weighted by molar-refractivity contribution is 7.08. The molecule has 76 valence electrons. The molecule has 0 aliphatic carbocycles. The zero-order valence-electron chi connectivity index (χ0n) is 7.61. The molecule has 0 aliphatic rings. The zero-order chi connectivity index (χ0) is 10.8. The Bertz CT molecular complexity index is 491. The van der Waals surface area contributed by atoms with Crippen molar-refractivity contribution in [2.45, 2.75) is 0 Å². The highest BCUT2D eigenvalue weighted by atomic mass is 32.1. The molecule has 0 amide bonds. The predicted octanol–water partition coefficient (Wildman–Crippen LogP) is 3.25. The Balaban J connectivity index is 2.48. The van der Waals surface area contributed by atoms with E-state index in [1.807, 2.05) is 10.8 Å². The Morgan fingerprint density at radius 3 is 2.67 bits per heavy atom. The highest BCUT2D eigenvalue weighted by Crippen LogP contribution is 2.25. The summed E-state index contributed by atoms with van der Waals surface area (Å²) in [4.78, 5) is 10.6. The average Bonchev–Trinajstić information content (AvgIpc) is 2.70. The second kappa shape index (κ2) is 3.82. The van der Waals surface area contributed by atoms with Crippen LogP contribution in [0.3, 0.4) is 0 Å². The molecule has 2 rings (SSSR count). The van der Waals surface area contributed by atoms with Gasteiger partial charge < -0.3 is 5.11 Å². The molecule has 0 radical (unpaired) electrons. The second-order valence-corrected chi connectivity index (χ2v) is 3.79. The molecule has 1 aromatic carbocycles. The number of carbonyl (C=O) groups is 1. The number of hydrogen-bond acceptors (Lipinski definition) is 2. The van der Waals surface area contributed by atoms with Crippen molar-refractivity contribution in [2.24, 2.45) is 0 Å². The molecule has 0 unspecified atom stereocenters. The van der Waals surface area contributed by atoms with E-state index in [1.165, 1.54) is 23.5 Å². The second-order valence-electron chi connectivity index (χ2n) is 3.01. The van der Waals surface area contributed by atoms with E-state index in [2.05, 4.69) is 0 Å². The maximum Gasteiger partial charge on any atom is 0.335 e. The van der Waals surface area contributed by atoms with Crippen molar-refractivity contribution < 1.29 is 14.3 Å². The fourth-order valence-electron chi connectivity index (χ4n) is 1.30. The normalized spacial score (nSPS) is 10.2. The first kappa shape index (κ1) is 9.86. The third-order valence-electron chi connectivity index (χ3n) is 2.05. The number of carboxylic acids is 1. The molecule has 0 spiro atoms. The monoisotopic (exact) mass is 222 g/mol. The molecule has 0 saturated carbocycles. The van der Waals surface area contributed by atoms with Crippen molar-refractivity contribution in [3.05, 3.63) is 46.4 Å².